The van der Waals surface area contributed by atoms with Gasteiger partial charge in [0, 0.05) is 25.0 Å². The Kier molecular flexibility index (Phi) is 5.76. The van der Waals surface area contributed by atoms with Crippen LogP contribution in [0.1, 0.15) is 26.3 Å². The summed E-state index contributed by atoms with van der Waals surface area (Å²) in [5.74, 6) is 0.659. The fourth-order valence-electron chi connectivity index (χ4n) is 2.40. The smallest absolute Gasteiger partial charge is 0.0642 e. The Morgan fingerprint density at radius 2 is 1.90 bits per heavy atom. The van der Waals surface area contributed by atoms with Gasteiger partial charge in [-0.15, -0.1) is 0 Å². The van der Waals surface area contributed by atoms with Crippen LogP contribution in [0, 0.1) is 5.92 Å². The predicted octanol–water partition coefficient (Wildman–Crippen LogP) is 3.99. The molecule has 0 atom stereocenters. The first-order chi connectivity index (χ1) is 10.2. The average molecular weight is 283 g/mol. The van der Waals surface area contributed by atoms with E-state index in [-0.39, 0.29) is 0 Å². The van der Waals surface area contributed by atoms with E-state index in [0.29, 0.717) is 5.92 Å². The number of hydrogen-bond donors (Lipinski definition) is 1. The fourth-order valence-corrected chi connectivity index (χ4v) is 2.40. The van der Waals surface area contributed by atoms with Crippen LogP contribution in [0.4, 0.5) is 11.4 Å². The van der Waals surface area contributed by atoms with Crippen molar-refractivity contribution in [2.45, 2.75) is 27.3 Å². The van der Waals surface area contributed by atoms with Crippen LogP contribution in [0.2, 0.25) is 0 Å². The molecule has 3 nitrogen and oxygen atoms in total. The van der Waals surface area contributed by atoms with Crippen molar-refractivity contribution in [1.29, 1.82) is 0 Å². The minimum Gasteiger partial charge on any atom is -0.340 e. The van der Waals surface area contributed by atoms with Crippen molar-refractivity contribution in [3.63, 3.8) is 0 Å². The van der Waals surface area contributed by atoms with Gasteiger partial charge in [0.15, 0.2) is 0 Å². The van der Waals surface area contributed by atoms with E-state index in [0.717, 1.165) is 19.6 Å². The summed E-state index contributed by atoms with van der Waals surface area (Å²) in [6.45, 7) is 9.45. The molecule has 0 aliphatic rings. The van der Waals surface area contributed by atoms with Gasteiger partial charge in [0.1, 0.15) is 0 Å². The van der Waals surface area contributed by atoms with Crippen LogP contribution in [0.25, 0.3) is 0 Å². The molecule has 0 fully saturated rings. The lowest BCUT2D eigenvalue weighted by molar-refractivity contribution is 0.552. The quantitative estimate of drug-likeness (QED) is 0.833. The molecule has 1 aromatic carbocycles. The molecular weight excluding hydrogens is 258 g/mol. The van der Waals surface area contributed by atoms with Crippen molar-refractivity contribution in [2.24, 2.45) is 5.92 Å². The van der Waals surface area contributed by atoms with E-state index in [1.54, 1.807) is 0 Å². The highest BCUT2D eigenvalue weighted by Gasteiger charge is 2.11. The third-order valence-electron chi connectivity index (χ3n) is 3.43. The molecule has 1 heterocycles. The maximum absolute atomic E-state index is 4.31. The molecule has 0 aliphatic carbocycles. The highest BCUT2D eigenvalue weighted by atomic mass is 15.1. The maximum atomic E-state index is 4.31. The minimum atomic E-state index is 0.659. The van der Waals surface area contributed by atoms with Crippen LogP contribution in [-0.4, -0.2) is 18.1 Å². The molecule has 0 unspecified atom stereocenters. The molecule has 0 radical (unpaired) electrons. The molecule has 112 valence electrons. The van der Waals surface area contributed by atoms with Crippen molar-refractivity contribution in [3.8, 4) is 0 Å². The highest BCUT2D eigenvalue weighted by molar-refractivity contribution is 5.65. The number of para-hydroxylation sites is 1. The first-order valence-electron chi connectivity index (χ1n) is 7.68. The Morgan fingerprint density at radius 1 is 1.14 bits per heavy atom. The standard InChI is InChI=1S/C18H25N3/c1-4-21(17-8-6-5-7-9-17)18-14-19-11-10-16(18)13-20-12-15(2)3/h5-11,14-15,20H,4,12-13H2,1-3H3. The van der Waals surface area contributed by atoms with Crippen LogP contribution in [0.15, 0.2) is 48.8 Å². The minimum absolute atomic E-state index is 0.659. The van der Waals surface area contributed by atoms with Gasteiger partial charge in [-0.05, 0) is 43.1 Å². The molecule has 2 aromatic rings. The number of pyridine rings is 1. The second-order valence-electron chi connectivity index (χ2n) is 5.61. The van der Waals surface area contributed by atoms with Gasteiger partial charge in [-0.3, -0.25) is 4.98 Å². The van der Waals surface area contributed by atoms with Gasteiger partial charge in [-0.2, -0.15) is 0 Å². The zero-order valence-electron chi connectivity index (χ0n) is 13.2. The normalized spacial score (nSPS) is 10.9. The zero-order chi connectivity index (χ0) is 15.1. The van der Waals surface area contributed by atoms with Gasteiger partial charge >= 0.3 is 0 Å². The summed E-state index contributed by atoms with van der Waals surface area (Å²) in [5, 5.41) is 3.52. The van der Waals surface area contributed by atoms with E-state index < -0.39 is 0 Å². The molecule has 0 saturated carbocycles. The van der Waals surface area contributed by atoms with Crippen LogP contribution >= 0.6 is 0 Å². The van der Waals surface area contributed by atoms with E-state index in [1.807, 2.05) is 18.5 Å². The van der Waals surface area contributed by atoms with E-state index in [2.05, 4.69) is 66.3 Å². The topological polar surface area (TPSA) is 28.2 Å². The maximum Gasteiger partial charge on any atom is 0.0642 e. The summed E-state index contributed by atoms with van der Waals surface area (Å²) < 4.78 is 0. The van der Waals surface area contributed by atoms with Crippen molar-refractivity contribution in [3.05, 3.63) is 54.4 Å². The summed E-state index contributed by atoms with van der Waals surface area (Å²) in [4.78, 5) is 6.62. The monoisotopic (exact) mass is 283 g/mol. The SMILES string of the molecule is CCN(c1ccccc1)c1cnccc1CNCC(C)C. The Labute approximate surface area is 128 Å². The molecule has 0 bridgehead atoms. The molecular formula is C18H25N3. The molecule has 1 aromatic heterocycles. The number of rotatable bonds is 7. The zero-order valence-corrected chi connectivity index (χ0v) is 13.2. The van der Waals surface area contributed by atoms with Crippen LogP contribution < -0.4 is 10.2 Å². The predicted molar refractivity (Wildman–Crippen MR) is 89.9 cm³/mol. The van der Waals surface area contributed by atoms with Gasteiger partial charge in [-0.1, -0.05) is 32.0 Å². The number of aromatic nitrogens is 1. The second-order valence-corrected chi connectivity index (χ2v) is 5.61. The van der Waals surface area contributed by atoms with Gasteiger partial charge in [0.05, 0.1) is 11.9 Å². The van der Waals surface area contributed by atoms with E-state index in [1.165, 1.54) is 16.9 Å². The lowest BCUT2D eigenvalue weighted by Crippen LogP contribution is -2.23. The lowest BCUT2D eigenvalue weighted by atomic mass is 10.1. The van der Waals surface area contributed by atoms with E-state index in [9.17, 15) is 0 Å². The summed E-state index contributed by atoms with van der Waals surface area (Å²) >= 11 is 0. The van der Waals surface area contributed by atoms with Crippen LogP contribution in [-0.2, 0) is 6.54 Å². The van der Waals surface area contributed by atoms with Crippen molar-refractivity contribution in [1.82, 2.24) is 10.3 Å². The Balaban J connectivity index is 2.21. The summed E-state index contributed by atoms with van der Waals surface area (Å²) in [6, 6.07) is 12.6. The highest BCUT2D eigenvalue weighted by Crippen LogP contribution is 2.27. The summed E-state index contributed by atoms with van der Waals surface area (Å²) in [7, 11) is 0. The van der Waals surface area contributed by atoms with Crippen LogP contribution in [0.3, 0.4) is 0 Å². The third-order valence-corrected chi connectivity index (χ3v) is 3.43. The number of anilines is 2. The van der Waals surface area contributed by atoms with Crippen molar-refractivity contribution >= 4 is 11.4 Å². The molecule has 0 amide bonds. The largest absolute Gasteiger partial charge is 0.340 e. The van der Waals surface area contributed by atoms with Gasteiger partial charge < -0.3 is 10.2 Å². The molecule has 0 spiro atoms. The first kappa shape index (κ1) is 15.5. The third kappa shape index (κ3) is 4.30. The van der Waals surface area contributed by atoms with Crippen molar-refractivity contribution in [2.75, 3.05) is 18.0 Å². The first-order valence-corrected chi connectivity index (χ1v) is 7.68. The molecule has 3 heteroatoms. The van der Waals surface area contributed by atoms with E-state index in [4.69, 9.17) is 0 Å². The average Bonchev–Trinajstić information content (AvgIpc) is 2.50. The summed E-state index contributed by atoms with van der Waals surface area (Å²) in [5.41, 5.74) is 3.68. The molecule has 0 aliphatic heterocycles. The molecule has 0 saturated heterocycles. The van der Waals surface area contributed by atoms with Crippen molar-refractivity contribution < 1.29 is 0 Å². The number of nitrogens with zero attached hydrogens (tertiary/aromatic N) is 2. The fraction of sp³-hybridized carbons (Fsp3) is 0.389. The molecule has 1 N–H and O–H groups in total. The van der Waals surface area contributed by atoms with Gasteiger partial charge in [0.2, 0.25) is 0 Å². The van der Waals surface area contributed by atoms with Gasteiger partial charge in [-0.25, -0.2) is 0 Å². The summed E-state index contributed by atoms with van der Waals surface area (Å²) in [6.07, 6.45) is 3.83. The van der Waals surface area contributed by atoms with Gasteiger partial charge in [0.25, 0.3) is 0 Å². The Bertz CT molecular complexity index is 537. The lowest BCUT2D eigenvalue weighted by Gasteiger charge is -2.25. The number of benzene rings is 1. The molecule has 21 heavy (non-hydrogen) atoms. The molecule has 2 rings (SSSR count). The number of nitrogens with one attached hydrogen (secondary N) is 1. The Hall–Kier alpha value is -1.87. The van der Waals surface area contributed by atoms with Crippen LogP contribution in [0.5, 0.6) is 0 Å². The number of hydrogen-bond acceptors (Lipinski definition) is 3. The van der Waals surface area contributed by atoms with E-state index >= 15 is 0 Å². The Morgan fingerprint density at radius 3 is 2.57 bits per heavy atom. The second kappa shape index (κ2) is 7.79.